The summed E-state index contributed by atoms with van der Waals surface area (Å²) in [7, 11) is 0. The predicted octanol–water partition coefficient (Wildman–Crippen LogP) is 4.41. The van der Waals surface area contributed by atoms with Crippen LogP contribution >= 0.6 is 0 Å². The molecule has 2 atom stereocenters. The van der Waals surface area contributed by atoms with Crippen molar-refractivity contribution >= 4 is 17.1 Å². The molecule has 1 fully saturated rings. The van der Waals surface area contributed by atoms with Gasteiger partial charge in [0.15, 0.2) is 0 Å². The molecule has 5 nitrogen and oxygen atoms in total. The Balaban J connectivity index is 2.19. The van der Waals surface area contributed by atoms with Crippen molar-refractivity contribution in [1.29, 1.82) is 0 Å². The Morgan fingerprint density at radius 1 is 1.29 bits per heavy atom. The zero-order valence-corrected chi connectivity index (χ0v) is 12.9. The SMILES string of the molecule is CCNc1cccc(NC2CCCC(CC)C2)c1[N+](=O)[O-]. The van der Waals surface area contributed by atoms with Gasteiger partial charge in [-0.25, -0.2) is 0 Å². The predicted molar refractivity (Wildman–Crippen MR) is 86.9 cm³/mol. The van der Waals surface area contributed by atoms with E-state index in [1.54, 1.807) is 6.07 Å². The van der Waals surface area contributed by atoms with E-state index in [2.05, 4.69) is 17.6 Å². The smallest absolute Gasteiger partial charge is 0.315 e. The maximum atomic E-state index is 11.4. The second-order valence-electron chi connectivity index (χ2n) is 5.77. The number of anilines is 2. The number of nitrogens with one attached hydrogen (secondary N) is 2. The molecule has 2 rings (SSSR count). The first-order chi connectivity index (χ1) is 10.2. The summed E-state index contributed by atoms with van der Waals surface area (Å²) < 4.78 is 0. The standard InChI is InChI=1S/C16H25N3O2/c1-3-12-7-5-8-13(11-12)18-15-10-6-9-14(17-4-2)16(15)19(20)21/h6,9-10,12-13,17-18H,3-5,7-8,11H2,1-2H3. The number of rotatable bonds is 6. The van der Waals surface area contributed by atoms with Crippen LogP contribution in [0.25, 0.3) is 0 Å². The third kappa shape index (κ3) is 3.86. The van der Waals surface area contributed by atoms with Gasteiger partial charge in [0.1, 0.15) is 11.4 Å². The van der Waals surface area contributed by atoms with Crippen molar-refractivity contribution in [2.24, 2.45) is 5.92 Å². The van der Waals surface area contributed by atoms with E-state index in [1.807, 2.05) is 19.1 Å². The summed E-state index contributed by atoms with van der Waals surface area (Å²) in [6, 6.07) is 5.80. The van der Waals surface area contributed by atoms with E-state index < -0.39 is 0 Å². The summed E-state index contributed by atoms with van der Waals surface area (Å²) in [6.45, 7) is 4.84. The summed E-state index contributed by atoms with van der Waals surface area (Å²) in [5.74, 6) is 0.743. The van der Waals surface area contributed by atoms with Crippen molar-refractivity contribution < 1.29 is 4.92 Å². The normalized spacial score (nSPS) is 21.8. The van der Waals surface area contributed by atoms with Crippen LogP contribution in [-0.2, 0) is 0 Å². The van der Waals surface area contributed by atoms with Gasteiger partial charge < -0.3 is 10.6 Å². The maximum Gasteiger partial charge on any atom is 0.315 e. The molecule has 2 unspecified atom stereocenters. The van der Waals surface area contributed by atoms with Gasteiger partial charge in [-0.2, -0.15) is 0 Å². The minimum Gasteiger partial charge on any atom is -0.380 e. The van der Waals surface area contributed by atoms with Crippen molar-refractivity contribution in [3.05, 3.63) is 28.3 Å². The van der Waals surface area contributed by atoms with Crippen molar-refractivity contribution in [3.63, 3.8) is 0 Å². The molecule has 0 aromatic heterocycles. The van der Waals surface area contributed by atoms with E-state index in [0.29, 0.717) is 24.0 Å². The number of nitro benzene ring substituents is 1. The third-order valence-corrected chi connectivity index (χ3v) is 4.31. The molecule has 0 heterocycles. The number of nitrogens with zero attached hydrogens (tertiary/aromatic N) is 1. The first kappa shape index (κ1) is 15.6. The molecule has 0 aliphatic heterocycles. The summed E-state index contributed by atoms with van der Waals surface area (Å²) in [6.07, 6.45) is 5.89. The fourth-order valence-electron chi connectivity index (χ4n) is 3.20. The lowest BCUT2D eigenvalue weighted by molar-refractivity contribution is -0.383. The molecule has 21 heavy (non-hydrogen) atoms. The minimum atomic E-state index is -0.291. The van der Waals surface area contributed by atoms with Gasteiger partial charge in [0.25, 0.3) is 0 Å². The summed E-state index contributed by atoms with van der Waals surface area (Å²) in [5.41, 5.74) is 1.40. The highest BCUT2D eigenvalue weighted by atomic mass is 16.6. The summed E-state index contributed by atoms with van der Waals surface area (Å²) in [4.78, 5) is 11.1. The van der Waals surface area contributed by atoms with Crippen LogP contribution in [0.15, 0.2) is 18.2 Å². The minimum absolute atomic E-state index is 0.165. The Labute approximate surface area is 126 Å². The Bertz CT molecular complexity index is 490. The number of benzene rings is 1. The van der Waals surface area contributed by atoms with Crippen LogP contribution in [0, 0.1) is 16.0 Å². The van der Waals surface area contributed by atoms with E-state index in [0.717, 1.165) is 18.8 Å². The Morgan fingerprint density at radius 3 is 2.71 bits per heavy atom. The van der Waals surface area contributed by atoms with E-state index in [1.165, 1.54) is 19.3 Å². The van der Waals surface area contributed by atoms with Gasteiger partial charge >= 0.3 is 5.69 Å². The Kier molecular flexibility index (Phi) is 5.42. The maximum absolute atomic E-state index is 11.4. The highest BCUT2D eigenvalue weighted by Gasteiger charge is 2.25. The molecule has 2 N–H and O–H groups in total. The highest BCUT2D eigenvalue weighted by Crippen LogP contribution is 2.35. The lowest BCUT2D eigenvalue weighted by atomic mass is 9.84. The molecule has 116 valence electrons. The second kappa shape index (κ2) is 7.29. The van der Waals surface area contributed by atoms with Gasteiger partial charge in [0.2, 0.25) is 0 Å². The van der Waals surface area contributed by atoms with Gasteiger partial charge in [0, 0.05) is 12.6 Å². The average Bonchev–Trinajstić information content (AvgIpc) is 2.47. The van der Waals surface area contributed by atoms with E-state index in [4.69, 9.17) is 0 Å². The second-order valence-corrected chi connectivity index (χ2v) is 5.77. The lowest BCUT2D eigenvalue weighted by Crippen LogP contribution is -2.27. The Morgan fingerprint density at radius 2 is 2.05 bits per heavy atom. The molecule has 1 aliphatic carbocycles. The van der Waals surface area contributed by atoms with Crippen molar-refractivity contribution in [1.82, 2.24) is 0 Å². The first-order valence-corrected chi connectivity index (χ1v) is 7.93. The van der Waals surface area contributed by atoms with Gasteiger partial charge in [-0.3, -0.25) is 10.1 Å². The number of para-hydroxylation sites is 1. The summed E-state index contributed by atoms with van der Waals surface area (Å²) >= 11 is 0. The third-order valence-electron chi connectivity index (χ3n) is 4.31. The van der Waals surface area contributed by atoms with E-state index in [9.17, 15) is 10.1 Å². The topological polar surface area (TPSA) is 67.2 Å². The number of hydrogen-bond donors (Lipinski definition) is 2. The molecule has 1 aromatic rings. The fraction of sp³-hybridized carbons (Fsp3) is 0.625. The summed E-state index contributed by atoms with van der Waals surface area (Å²) in [5, 5.41) is 17.9. The lowest BCUT2D eigenvalue weighted by Gasteiger charge is -2.29. The van der Waals surface area contributed by atoms with E-state index in [-0.39, 0.29) is 10.6 Å². The van der Waals surface area contributed by atoms with Crippen LogP contribution in [0.1, 0.15) is 46.0 Å². The van der Waals surface area contributed by atoms with Crippen molar-refractivity contribution in [2.75, 3.05) is 17.2 Å². The van der Waals surface area contributed by atoms with Gasteiger partial charge in [-0.05, 0) is 37.8 Å². The zero-order chi connectivity index (χ0) is 15.2. The van der Waals surface area contributed by atoms with Crippen molar-refractivity contribution in [3.8, 4) is 0 Å². The number of hydrogen-bond acceptors (Lipinski definition) is 4. The zero-order valence-electron chi connectivity index (χ0n) is 12.9. The molecule has 0 amide bonds. The van der Waals surface area contributed by atoms with Crippen LogP contribution in [-0.4, -0.2) is 17.5 Å². The van der Waals surface area contributed by atoms with Gasteiger partial charge in [-0.1, -0.05) is 32.3 Å². The van der Waals surface area contributed by atoms with Crippen LogP contribution in [0.5, 0.6) is 0 Å². The monoisotopic (exact) mass is 291 g/mol. The highest BCUT2D eigenvalue weighted by molar-refractivity contribution is 5.76. The largest absolute Gasteiger partial charge is 0.380 e. The van der Waals surface area contributed by atoms with Crippen LogP contribution in [0.3, 0.4) is 0 Å². The molecule has 1 saturated carbocycles. The van der Waals surface area contributed by atoms with Crippen LogP contribution in [0.2, 0.25) is 0 Å². The first-order valence-electron chi connectivity index (χ1n) is 7.93. The quantitative estimate of drug-likeness (QED) is 0.602. The molecule has 0 bridgehead atoms. The molecule has 0 spiro atoms. The molecular formula is C16H25N3O2. The number of nitro groups is 1. The van der Waals surface area contributed by atoms with Crippen molar-refractivity contribution in [2.45, 2.75) is 52.0 Å². The molecule has 0 radical (unpaired) electrons. The van der Waals surface area contributed by atoms with Crippen LogP contribution in [0.4, 0.5) is 17.1 Å². The molecule has 1 aliphatic rings. The van der Waals surface area contributed by atoms with E-state index >= 15 is 0 Å². The van der Waals surface area contributed by atoms with Gasteiger partial charge in [0.05, 0.1) is 4.92 Å². The molecular weight excluding hydrogens is 266 g/mol. The molecule has 0 saturated heterocycles. The Hall–Kier alpha value is -1.78. The average molecular weight is 291 g/mol. The fourth-order valence-corrected chi connectivity index (χ4v) is 3.20. The molecule has 1 aromatic carbocycles. The van der Waals surface area contributed by atoms with Crippen LogP contribution < -0.4 is 10.6 Å². The molecule has 5 heteroatoms. The van der Waals surface area contributed by atoms with Gasteiger partial charge in [-0.15, -0.1) is 0 Å².